The number of carbonyl (C=O) groups excluding carboxylic acids is 2. The van der Waals surface area contributed by atoms with Crippen molar-refractivity contribution in [1.82, 2.24) is 9.88 Å². The molecule has 0 saturated carbocycles. The fraction of sp³-hybridized carbons (Fsp3) is 0.227. The molecule has 0 unspecified atom stereocenters. The summed E-state index contributed by atoms with van der Waals surface area (Å²) < 4.78 is 5.43. The Hall–Kier alpha value is -3.41. The average molecular weight is 375 g/mol. The summed E-state index contributed by atoms with van der Waals surface area (Å²) in [4.78, 5) is 32.7. The summed E-state index contributed by atoms with van der Waals surface area (Å²) in [7, 11) is 0. The lowest BCUT2D eigenvalue weighted by atomic mass is 10.1. The summed E-state index contributed by atoms with van der Waals surface area (Å²) >= 11 is 0. The van der Waals surface area contributed by atoms with Gasteiger partial charge in [-0.3, -0.25) is 14.6 Å². The highest BCUT2D eigenvalue weighted by Gasteiger charge is 2.23. The Bertz CT molecular complexity index is 937. The molecule has 1 aliphatic heterocycles. The zero-order chi connectivity index (χ0) is 19.3. The van der Waals surface area contributed by atoms with E-state index < -0.39 is 0 Å². The number of hydrogen-bond donors (Lipinski definition) is 0. The van der Waals surface area contributed by atoms with Gasteiger partial charge in [-0.25, -0.2) is 0 Å². The number of carbonyl (C=O) groups is 2. The third kappa shape index (κ3) is 3.96. The Labute approximate surface area is 163 Å². The first-order chi connectivity index (χ1) is 13.7. The van der Waals surface area contributed by atoms with Crippen molar-refractivity contribution in [3.63, 3.8) is 0 Å². The van der Waals surface area contributed by atoms with Crippen LogP contribution >= 0.6 is 0 Å². The number of nitrogens with zero attached hydrogens (tertiary/aromatic N) is 3. The molecule has 4 rings (SSSR count). The summed E-state index contributed by atoms with van der Waals surface area (Å²) in [5.41, 5.74) is 2.36. The van der Waals surface area contributed by atoms with E-state index in [0.29, 0.717) is 25.1 Å². The maximum absolute atomic E-state index is 13.2. The van der Waals surface area contributed by atoms with E-state index in [2.05, 4.69) is 4.98 Å². The van der Waals surface area contributed by atoms with Gasteiger partial charge in [0.1, 0.15) is 5.76 Å². The number of rotatable bonds is 6. The highest BCUT2D eigenvalue weighted by Crippen LogP contribution is 2.23. The molecule has 2 aromatic heterocycles. The predicted molar refractivity (Wildman–Crippen MR) is 105 cm³/mol. The third-order valence-corrected chi connectivity index (χ3v) is 4.81. The molecule has 0 aliphatic carbocycles. The summed E-state index contributed by atoms with van der Waals surface area (Å²) in [6, 6.07) is 14.7. The lowest BCUT2D eigenvalue weighted by Gasteiger charge is -2.22. The fourth-order valence-electron chi connectivity index (χ4n) is 3.39. The van der Waals surface area contributed by atoms with Crippen molar-refractivity contribution in [2.45, 2.75) is 25.9 Å². The summed E-state index contributed by atoms with van der Waals surface area (Å²) in [5, 5.41) is 0. The standard InChI is InChI=1S/C22H21N3O3/c26-21-6-2-12-25(21)19-9-7-18(8-10-19)22(27)24(16-20-5-3-13-28-20)15-17-4-1-11-23-14-17/h1,3-5,7-11,13-14H,2,6,12,15-16H2. The predicted octanol–water partition coefficient (Wildman–Crippen LogP) is 3.64. The molecule has 0 radical (unpaired) electrons. The van der Waals surface area contributed by atoms with Crippen molar-refractivity contribution in [2.24, 2.45) is 0 Å². The second kappa shape index (κ2) is 8.08. The van der Waals surface area contributed by atoms with E-state index in [1.807, 2.05) is 36.4 Å². The van der Waals surface area contributed by atoms with Crippen LogP contribution in [-0.2, 0) is 17.9 Å². The van der Waals surface area contributed by atoms with Crippen LogP contribution in [0.3, 0.4) is 0 Å². The second-order valence-electron chi connectivity index (χ2n) is 6.80. The van der Waals surface area contributed by atoms with Crippen LogP contribution in [0, 0.1) is 0 Å². The van der Waals surface area contributed by atoms with Gasteiger partial charge in [-0.2, -0.15) is 0 Å². The normalized spacial score (nSPS) is 13.7. The number of hydrogen-bond acceptors (Lipinski definition) is 4. The maximum Gasteiger partial charge on any atom is 0.254 e. The summed E-state index contributed by atoms with van der Waals surface area (Å²) in [6.07, 6.45) is 6.53. The topological polar surface area (TPSA) is 66.7 Å². The van der Waals surface area contributed by atoms with Crippen molar-refractivity contribution >= 4 is 17.5 Å². The molecule has 6 heteroatoms. The van der Waals surface area contributed by atoms with Gasteiger partial charge in [0, 0.05) is 43.2 Å². The molecule has 3 heterocycles. The highest BCUT2D eigenvalue weighted by molar-refractivity contribution is 5.97. The number of amides is 2. The van der Waals surface area contributed by atoms with Crippen molar-refractivity contribution in [3.8, 4) is 0 Å². The van der Waals surface area contributed by atoms with Crippen LogP contribution in [0.1, 0.15) is 34.5 Å². The summed E-state index contributed by atoms with van der Waals surface area (Å²) in [6.45, 7) is 1.53. The quantitative estimate of drug-likeness (QED) is 0.660. The first-order valence-corrected chi connectivity index (χ1v) is 9.32. The minimum absolute atomic E-state index is 0.0976. The molecule has 28 heavy (non-hydrogen) atoms. The zero-order valence-electron chi connectivity index (χ0n) is 15.5. The van der Waals surface area contributed by atoms with Crippen LogP contribution in [0.15, 0.2) is 71.6 Å². The van der Waals surface area contributed by atoms with Crippen LogP contribution in [0.5, 0.6) is 0 Å². The van der Waals surface area contributed by atoms with Crippen LogP contribution in [-0.4, -0.2) is 28.2 Å². The molecule has 142 valence electrons. The van der Waals surface area contributed by atoms with Gasteiger partial charge in [0.05, 0.1) is 12.8 Å². The minimum Gasteiger partial charge on any atom is -0.467 e. The Kier molecular flexibility index (Phi) is 5.19. The molecule has 3 aromatic rings. The summed E-state index contributed by atoms with van der Waals surface area (Å²) in [5.74, 6) is 0.756. The van der Waals surface area contributed by atoms with E-state index in [4.69, 9.17) is 4.42 Å². The molecule has 0 atom stereocenters. The van der Waals surface area contributed by atoms with Crippen molar-refractivity contribution in [3.05, 3.63) is 84.1 Å². The van der Waals surface area contributed by atoms with E-state index in [1.54, 1.807) is 40.6 Å². The van der Waals surface area contributed by atoms with Gasteiger partial charge >= 0.3 is 0 Å². The molecule has 1 saturated heterocycles. The largest absolute Gasteiger partial charge is 0.467 e. The minimum atomic E-state index is -0.0976. The van der Waals surface area contributed by atoms with Crippen LogP contribution < -0.4 is 4.90 Å². The molecular weight excluding hydrogens is 354 g/mol. The van der Waals surface area contributed by atoms with Gasteiger partial charge in [0.15, 0.2) is 0 Å². The Morgan fingerprint density at radius 2 is 1.96 bits per heavy atom. The monoisotopic (exact) mass is 375 g/mol. The number of anilines is 1. The van der Waals surface area contributed by atoms with Crippen LogP contribution in [0.4, 0.5) is 5.69 Å². The van der Waals surface area contributed by atoms with E-state index in [0.717, 1.165) is 30.0 Å². The van der Waals surface area contributed by atoms with Gasteiger partial charge in [-0.1, -0.05) is 6.07 Å². The van der Waals surface area contributed by atoms with E-state index in [9.17, 15) is 9.59 Å². The van der Waals surface area contributed by atoms with Gasteiger partial charge < -0.3 is 14.2 Å². The first kappa shape index (κ1) is 18.0. The highest BCUT2D eigenvalue weighted by atomic mass is 16.3. The van der Waals surface area contributed by atoms with Gasteiger partial charge in [-0.15, -0.1) is 0 Å². The molecule has 1 aliphatic rings. The molecule has 2 amide bonds. The van der Waals surface area contributed by atoms with E-state index in [1.165, 1.54) is 0 Å². The molecule has 1 fully saturated rings. The van der Waals surface area contributed by atoms with Crippen LogP contribution in [0.2, 0.25) is 0 Å². The third-order valence-electron chi connectivity index (χ3n) is 4.81. The number of aromatic nitrogens is 1. The Morgan fingerprint density at radius 3 is 2.61 bits per heavy atom. The van der Waals surface area contributed by atoms with Gasteiger partial charge in [0.25, 0.3) is 5.91 Å². The zero-order valence-corrected chi connectivity index (χ0v) is 15.5. The Morgan fingerprint density at radius 1 is 1.11 bits per heavy atom. The van der Waals surface area contributed by atoms with Gasteiger partial charge in [-0.05, 0) is 54.4 Å². The van der Waals surface area contributed by atoms with Gasteiger partial charge in [0.2, 0.25) is 5.91 Å². The molecule has 6 nitrogen and oxygen atoms in total. The average Bonchev–Trinajstić information content (AvgIpc) is 3.39. The van der Waals surface area contributed by atoms with Crippen molar-refractivity contribution < 1.29 is 14.0 Å². The molecule has 0 N–H and O–H groups in total. The lowest BCUT2D eigenvalue weighted by molar-refractivity contribution is -0.117. The fourth-order valence-corrected chi connectivity index (χ4v) is 3.39. The van der Waals surface area contributed by atoms with E-state index >= 15 is 0 Å². The lowest BCUT2D eigenvalue weighted by Crippen LogP contribution is -2.30. The Balaban J connectivity index is 1.54. The number of furan rings is 1. The smallest absolute Gasteiger partial charge is 0.254 e. The SMILES string of the molecule is O=C(c1ccc(N2CCCC2=O)cc1)N(Cc1cccnc1)Cc1ccco1. The second-order valence-corrected chi connectivity index (χ2v) is 6.80. The number of pyridine rings is 1. The van der Waals surface area contributed by atoms with Crippen LogP contribution in [0.25, 0.3) is 0 Å². The maximum atomic E-state index is 13.2. The van der Waals surface area contributed by atoms with E-state index in [-0.39, 0.29) is 11.8 Å². The number of benzene rings is 1. The molecular formula is C22H21N3O3. The van der Waals surface area contributed by atoms with Crippen molar-refractivity contribution in [2.75, 3.05) is 11.4 Å². The van der Waals surface area contributed by atoms with Crippen molar-refractivity contribution in [1.29, 1.82) is 0 Å². The first-order valence-electron chi connectivity index (χ1n) is 9.32. The molecule has 1 aromatic carbocycles. The molecule has 0 spiro atoms. The molecule has 0 bridgehead atoms.